The standard InChI is InChI=1S/C30H37F3N2O9/c1-17(2)13-41-26-18(3)44-29(38)23(15-40-14-21(26)12-20-6-8-22(9-7-20)30(31,32)33)35-28(37)25-27(43-16-42-19(4)36)24(39-5)10-11-34-25/h6-11,17-18,21,23,26H,12-16H2,1-5H3,(H,35,37). The molecule has 2 heterocycles. The first-order valence-corrected chi connectivity index (χ1v) is 14.0. The minimum Gasteiger partial charge on any atom is -0.493 e. The number of nitrogens with zero attached hydrogens (tertiary/aromatic N) is 1. The number of alkyl halides is 3. The lowest BCUT2D eigenvalue weighted by Crippen LogP contribution is -2.46. The number of pyridine rings is 1. The first-order valence-electron chi connectivity index (χ1n) is 14.0. The highest BCUT2D eigenvalue weighted by atomic mass is 19.4. The Hall–Kier alpha value is -3.91. The van der Waals surface area contributed by atoms with Gasteiger partial charge in [-0.2, -0.15) is 13.2 Å². The van der Waals surface area contributed by atoms with Crippen LogP contribution in [0.1, 0.15) is 49.3 Å². The number of ether oxygens (including phenoxy) is 6. The van der Waals surface area contributed by atoms with Gasteiger partial charge in [0.2, 0.25) is 6.79 Å². The average Bonchev–Trinajstić information content (AvgIpc) is 3.00. The molecule has 0 aliphatic carbocycles. The normalized spacial score (nSPS) is 21.0. The molecule has 0 radical (unpaired) electrons. The maximum Gasteiger partial charge on any atom is 0.416 e. The second-order valence-corrected chi connectivity index (χ2v) is 10.6. The van der Waals surface area contributed by atoms with Crippen molar-refractivity contribution in [3.05, 3.63) is 53.3 Å². The molecule has 242 valence electrons. The van der Waals surface area contributed by atoms with Gasteiger partial charge in [0.15, 0.2) is 23.2 Å². The zero-order valence-electron chi connectivity index (χ0n) is 25.1. The van der Waals surface area contributed by atoms with Gasteiger partial charge in [-0.05, 0) is 37.0 Å². The van der Waals surface area contributed by atoms with Crippen LogP contribution in [0.4, 0.5) is 13.2 Å². The van der Waals surface area contributed by atoms with Gasteiger partial charge in [0.1, 0.15) is 6.10 Å². The molecule has 11 nitrogen and oxygen atoms in total. The molecule has 0 saturated carbocycles. The van der Waals surface area contributed by atoms with Crippen LogP contribution >= 0.6 is 0 Å². The van der Waals surface area contributed by atoms with Crippen molar-refractivity contribution in [2.75, 3.05) is 33.7 Å². The Bertz CT molecular complexity index is 1270. The molecule has 0 bridgehead atoms. The fourth-order valence-corrected chi connectivity index (χ4v) is 4.49. The van der Waals surface area contributed by atoms with Gasteiger partial charge in [-0.15, -0.1) is 0 Å². The molecule has 4 unspecified atom stereocenters. The minimum absolute atomic E-state index is 0.0608. The van der Waals surface area contributed by atoms with Crippen molar-refractivity contribution in [1.82, 2.24) is 10.3 Å². The molecule has 2 aromatic rings. The maximum absolute atomic E-state index is 13.3. The van der Waals surface area contributed by atoms with E-state index in [0.717, 1.165) is 12.1 Å². The number of carbonyl (C=O) groups excluding carboxylic acids is 3. The van der Waals surface area contributed by atoms with Crippen molar-refractivity contribution in [1.29, 1.82) is 0 Å². The van der Waals surface area contributed by atoms with Crippen LogP contribution in [-0.4, -0.2) is 74.8 Å². The number of benzene rings is 1. The van der Waals surface area contributed by atoms with E-state index in [2.05, 4.69) is 10.3 Å². The number of esters is 2. The number of aromatic nitrogens is 1. The molecule has 3 rings (SSSR count). The van der Waals surface area contributed by atoms with Crippen LogP contribution in [-0.2, 0) is 41.1 Å². The number of nitrogens with one attached hydrogen (secondary N) is 1. The van der Waals surface area contributed by atoms with Crippen molar-refractivity contribution in [2.24, 2.45) is 11.8 Å². The van der Waals surface area contributed by atoms with Crippen LogP contribution in [0.3, 0.4) is 0 Å². The van der Waals surface area contributed by atoms with Gasteiger partial charge in [-0.25, -0.2) is 9.78 Å². The fourth-order valence-electron chi connectivity index (χ4n) is 4.49. The second-order valence-electron chi connectivity index (χ2n) is 10.6. The molecule has 1 aliphatic heterocycles. The van der Waals surface area contributed by atoms with E-state index in [0.29, 0.717) is 12.2 Å². The Labute approximate surface area is 253 Å². The quantitative estimate of drug-likeness (QED) is 0.289. The lowest BCUT2D eigenvalue weighted by Gasteiger charge is -2.31. The topological polar surface area (TPSA) is 132 Å². The Morgan fingerprint density at radius 2 is 1.84 bits per heavy atom. The predicted molar refractivity (Wildman–Crippen MR) is 149 cm³/mol. The summed E-state index contributed by atoms with van der Waals surface area (Å²) in [4.78, 5) is 41.7. The molecule has 1 saturated heterocycles. The van der Waals surface area contributed by atoms with E-state index in [4.69, 9.17) is 28.4 Å². The summed E-state index contributed by atoms with van der Waals surface area (Å²) in [5.41, 5.74) is -0.376. The Morgan fingerprint density at radius 3 is 2.45 bits per heavy atom. The van der Waals surface area contributed by atoms with Gasteiger partial charge in [0, 0.05) is 31.7 Å². The van der Waals surface area contributed by atoms with E-state index in [1.807, 2.05) is 13.8 Å². The molecular formula is C30H37F3N2O9. The molecule has 1 aromatic heterocycles. The third kappa shape index (κ3) is 9.81. The monoisotopic (exact) mass is 626 g/mol. The van der Waals surface area contributed by atoms with Crippen molar-refractivity contribution in [3.8, 4) is 11.5 Å². The molecule has 1 aromatic carbocycles. The van der Waals surface area contributed by atoms with Crippen LogP contribution in [0.5, 0.6) is 11.5 Å². The number of rotatable bonds is 11. The van der Waals surface area contributed by atoms with E-state index in [9.17, 15) is 27.6 Å². The number of carbonyl (C=O) groups is 3. The molecular weight excluding hydrogens is 589 g/mol. The van der Waals surface area contributed by atoms with E-state index < -0.39 is 60.5 Å². The average molecular weight is 627 g/mol. The van der Waals surface area contributed by atoms with Crippen molar-refractivity contribution in [3.63, 3.8) is 0 Å². The van der Waals surface area contributed by atoms with Crippen LogP contribution in [0.25, 0.3) is 0 Å². The van der Waals surface area contributed by atoms with Crippen molar-refractivity contribution < 1.29 is 56.0 Å². The summed E-state index contributed by atoms with van der Waals surface area (Å²) < 4.78 is 72.4. The summed E-state index contributed by atoms with van der Waals surface area (Å²) in [6.45, 7) is 6.36. The second kappa shape index (κ2) is 15.7. The van der Waals surface area contributed by atoms with Gasteiger partial charge < -0.3 is 33.7 Å². The first-order chi connectivity index (χ1) is 20.8. The van der Waals surface area contributed by atoms with Gasteiger partial charge in [0.05, 0.1) is 32.0 Å². The van der Waals surface area contributed by atoms with Gasteiger partial charge >= 0.3 is 18.1 Å². The van der Waals surface area contributed by atoms with E-state index in [1.54, 1.807) is 6.92 Å². The van der Waals surface area contributed by atoms with Crippen LogP contribution in [0, 0.1) is 11.8 Å². The molecule has 1 fully saturated rings. The minimum atomic E-state index is -4.46. The van der Waals surface area contributed by atoms with E-state index >= 15 is 0 Å². The largest absolute Gasteiger partial charge is 0.493 e. The summed E-state index contributed by atoms with van der Waals surface area (Å²) in [5, 5.41) is 2.55. The number of hydrogen-bond donors (Lipinski definition) is 1. The third-order valence-corrected chi connectivity index (χ3v) is 6.61. The highest BCUT2D eigenvalue weighted by Crippen LogP contribution is 2.31. The maximum atomic E-state index is 13.3. The van der Waals surface area contributed by atoms with Gasteiger partial charge in [-0.3, -0.25) is 9.59 Å². The molecule has 0 spiro atoms. The molecule has 1 aliphatic rings. The molecule has 14 heteroatoms. The zero-order valence-corrected chi connectivity index (χ0v) is 25.1. The molecule has 1 N–H and O–H groups in total. The zero-order chi connectivity index (χ0) is 32.4. The summed E-state index contributed by atoms with van der Waals surface area (Å²) in [5.74, 6) is -2.43. The Kier molecular flexibility index (Phi) is 12.3. The lowest BCUT2D eigenvalue weighted by atomic mass is 9.91. The summed E-state index contributed by atoms with van der Waals surface area (Å²) in [6.07, 6.45) is -4.31. The number of cyclic esters (lactones) is 1. The van der Waals surface area contributed by atoms with Gasteiger partial charge in [-0.1, -0.05) is 26.0 Å². The number of halogens is 3. The summed E-state index contributed by atoms with van der Waals surface area (Å²) >= 11 is 0. The van der Waals surface area contributed by atoms with Crippen LogP contribution in [0.15, 0.2) is 36.5 Å². The SMILES string of the molecule is COc1ccnc(C(=O)NC2COCC(Cc3ccc(C(F)(F)F)cc3)C(OCC(C)C)C(C)OC2=O)c1OCOC(C)=O. The van der Waals surface area contributed by atoms with E-state index in [-0.39, 0.29) is 42.7 Å². The summed E-state index contributed by atoms with van der Waals surface area (Å²) in [7, 11) is 1.35. The highest BCUT2D eigenvalue weighted by Gasteiger charge is 2.37. The predicted octanol–water partition coefficient (Wildman–Crippen LogP) is 3.97. The number of amides is 1. The first kappa shape index (κ1) is 34.6. The van der Waals surface area contributed by atoms with E-state index in [1.165, 1.54) is 38.4 Å². The highest BCUT2D eigenvalue weighted by molar-refractivity contribution is 5.98. The summed E-state index contributed by atoms with van der Waals surface area (Å²) in [6, 6.07) is 5.01. The number of hydrogen-bond acceptors (Lipinski definition) is 10. The van der Waals surface area contributed by atoms with Crippen LogP contribution < -0.4 is 14.8 Å². The van der Waals surface area contributed by atoms with Crippen molar-refractivity contribution in [2.45, 2.75) is 58.5 Å². The molecule has 4 atom stereocenters. The fraction of sp³-hybridized carbons (Fsp3) is 0.533. The Balaban J connectivity index is 1.80. The third-order valence-electron chi connectivity index (χ3n) is 6.61. The van der Waals surface area contributed by atoms with Crippen LogP contribution in [0.2, 0.25) is 0 Å². The van der Waals surface area contributed by atoms with Gasteiger partial charge in [0.25, 0.3) is 5.91 Å². The smallest absolute Gasteiger partial charge is 0.416 e. The molecule has 44 heavy (non-hydrogen) atoms. The number of methoxy groups -OCH3 is 1. The Morgan fingerprint density at radius 1 is 1.14 bits per heavy atom. The van der Waals surface area contributed by atoms with Crippen molar-refractivity contribution >= 4 is 17.8 Å². The lowest BCUT2D eigenvalue weighted by molar-refractivity contribution is -0.161. The molecule has 1 amide bonds.